The van der Waals surface area contributed by atoms with E-state index in [0.717, 1.165) is 11.1 Å². The number of sulfonamides is 1. The van der Waals surface area contributed by atoms with Crippen molar-refractivity contribution >= 4 is 32.8 Å². The first-order valence-electron chi connectivity index (χ1n) is 9.95. The summed E-state index contributed by atoms with van der Waals surface area (Å²) in [5, 5.41) is 8.72. The maximum Gasteiger partial charge on any atom is 0.341 e. The van der Waals surface area contributed by atoms with Crippen molar-refractivity contribution < 1.29 is 22.5 Å². The van der Waals surface area contributed by atoms with E-state index in [-0.39, 0.29) is 10.7 Å². The summed E-state index contributed by atoms with van der Waals surface area (Å²) >= 11 is 0. The Hall–Kier alpha value is -3.66. The average Bonchev–Trinajstić information content (AvgIpc) is 3.36. The third-order valence-corrected chi connectivity index (χ3v) is 6.43. The summed E-state index contributed by atoms with van der Waals surface area (Å²) in [6.45, 7) is 6.01. The zero-order valence-electron chi connectivity index (χ0n) is 17.8. The Labute approximate surface area is 185 Å². The van der Waals surface area contributed by atoms with Crippen LogP contribution in [0.4, 0.5) is 5.82 Å². The lowest BCUT2D eigenvalue weighted by molar-refractivity contribution is 0.0526. The predicted molar refractivity (Wildman–Crippen MR) is 118 cm³/mol. The normalized spacial score (nSPS) is 11.6. The van der Waals surface area contributed by atoms with Crippen LogP contribution in [-0.4, -0.2) is 35.9 Å². The van der Waals surface area contributed by atoms with E-state index in [1.807, 2.05) is 13.0 Å². The van der Waals surface area contributed by atoms with E-state index in [9.17, 15) is 13.2 Å². The van der Waals surface area contributed by atoms with Gasteiger partial charge in [0.15, 0.2) is 11.4 Å². The molecular formula is C22H22N4O5S. The summed E-state index contributed by atoms with van der Waals surface area (Å²) in [5.74, 6) is -0.290. The lowest BCUT2D eigenvalue weighted by Crippen LogP contribution is -2.14. The van der Waals surface area contributed by atoms with Gasteiger partial charge in [0.1, 0.15) is 0 Å². The molecule has 0 saturated heterocycles. The molecule has 2 aromatic carbocycles. The number of benzene rings is 2. The van der Waals surface area contributed by atoms with Gasteiger partial charge in [-0.3, -0.25) is 9.40 Å². The molecule has 0 aliphatic rings. The molecule has 0 fully saturated rings. The van der Waals surface area contributed by atoms with Gasteiger partial charge in [0.2, 0.25) is 0 Å². The number of fused-ring (bicyclic) bond motifs is 1. The molecule has 4 aromatic rings. The second-order valence-corrected chi connectivity index (χ2v) is 8.99. The number of aromatic nitrogens is 3. The van der Waals surface area contributed by atoms with E-state index in [0.29, 0.717) is 35.2 Å². The third-order valence-electron chi connectivity index (χ3n) is 4.93. The quantitative estimate of drug-likeness (QED) is 0.424. The first kappa shape index (κ1) is 21.6. The van der Waals surface area contributed by atoms with Gasteiger partial charge in [-0.25, -0.2) is 13.2 Å². The molecule has 10 heteroatoms. The molecule has 0 spiro atoms. The Morgan fingerprint density at radius 3 is 2.72 bits per heavy atom. The van der Waals surface area contributed by atoms with Gasteiger partial charge in [0.25, 0.3) is 10.0 Å². The second kappa shape index (κ2) is 8.46. The van der Waals surface area contributed by atoms with Gasteiger partial charge < -0.3 is 9.26 Å². The number of nitrogens with zero attached hydrogens (tertiary/aromatic N) is 3. The van der Waals surface area contributed by atoms with E-state index in [2.05, 4.69) is 15.0 Å². The summed E-state index contributed by atoms with van der Waals surface area (Å²) in [7, 11) is -3.82. The van der Waals surface area contributed by atoms with Gasteiger partial charge in [0.05, 0.1) is 35.2 Å². The van der Waals surface area contributed by atoms with E-state index < -0.39 is 16.0 Å². The van der Waals surface area contributed by atoms with Gasteiger partial charge in [0, 0.05) is 6.20 Å². The average molecular weight is 455 g/mol. The molecule has 0 aliphatic carbocycles. The van der Waals surface area contributed by atoms with Crippen molar-refractivity contribution in [3.05, 3.63) is 71.0 Å². The van der Waals surface area contributed by atoms with Gasteiger partial charge >= 0.3 is 5.97 Å². The van der Waals surface area contributed by atoms with Gasteiger partial charge in [-0.1, -0.05) is 29.4 Å². The Kier molecular flexibility index (Phi) is 5.70. The molecule has 0 atom stereocenters. The van der Waals surface area contributed by atoms with Crippen LogP contribution in [0.15, 0.2) is 58.2 Å². The van der Waals surface area contributed by atoms with Crippen LogP contribution in [-0.2, 0) is 21.3 Å². The summed E-state index contributed by atoms with van der Waals surface area (Å²) in [5.41, 5.74) is 3.10. The molecule has 0 saturated carbocycles. The number of anilines is 1. The number of aryl methyl sites for hydroxylation is 2. The lowest BCUT2D eigenvalue weighted by Gasteiger charge is -2.09. The Morgan fingerprint density at radius 2 is 1.97 bits per heavy atom. The van der Waals surface area contributed by atoms with Gasteiger partial charge in [-0.2, -0.15) is 5.10 Å². The van der Waals surface area contributed by atoms with Crippen molar-refractivity contribution in [2.45, 2.75) is 32.2 Å². The predicted octanol–water partition coefficient (Wildman–Crippen LogP) is 3.67. The molecule has 32 heavy (non-hydrogen) atoms. The van der Waals surface area contributed by atoms with Crippen LogP contribution in [0.25, 0.3) is 11.0 Å². The van der Waals surface area contributed by atoms with Crippen molar-refractivity contribution in [2.24, 2.45) is 0 Å². The minimum atomic E-state index is -3.82. The molecule has 0 bridgehead atoms. The van der Waals surface area contributed by atoms with Crippen molar-refractivity contribution in [1.82, 2.24) is 14.9 Å². The highest BCUT2D eigenvalue weighted by atomic mass is 32.2. The van der Waals surface area contributed by atoms with Crippen LogP contribution in [0.5, 0.6) is 0 Å². The molecule has 0 amide bonds. The van der Waals surface area contributed by atoms with Crippen LogP contribution < -0.4 is 4.72 Å². The fourth-order valence-electron chi connectivity index (χ4n) is 3.50. The monoisotopic (exact) mass is 454 g/mol. The molecule has 0 aliphatic heterocycles. The Balaban J connectivity index is 1.60. The molecule has 0 radical (unpaired) electrons. The molecular weight excluding hydrogens is 432 g/mol. The summed E-state index contributed by atoms with van der Waals surface area (Å²) in [4.78, 5) is 12.0. The number of carbonyl (C=O) groups is 1. The SMILES string of the molecule is CCOC(=O)c1cnn(Cc2cc(C)c3c(NS(=O)(=O)c4ccccc4C)noc3c2)c1. The highest BCUT2D eigenvalue weighted by Crippen LogP contribution is 2.30. The van der Waals surface area contributed by atoms with E-state index in [4.69, 9.17) is 9.26 Å². The van der Waals surface area contributed by atoms with Crippen LogP contribution in [0, 0.1) is 13.8 Å². The van der Waals surface area contributed by atoms with E-state index in [1.165, 1.54) is 6.20 Å². The molecule has 166 valence electrons. The lowest BCUT2D eigenvalue weighted by atomic mass is 10.1. The highest BCUT2D eigenvalue weighted by molar-refractivity contribution is 7.92. The summed E-state index contributed by atoms with van der Waals surface area (Å²) in [6.07, 6.45) is 3.07. The Morgan fingerprint density at radius 1 is 1.19 bits per heavy atom. The third kappa shape index (κ3) is 4.22. The van der Waals surface area contributed by atoms with E-state index >= 15 is 0 Å². The number of rotatable bonds is 7. The van der Waals surface area contributed by atoms with Crippen LogP contribution in [0.1, 0.15) is 34.0 Å². The standard InChI is InChI=1S/C22H22N4O5S/c1-4-30-22(27)17-11-23-26(13-17)12-16-9-15(3)20-18(10-16)31-24-21(20)25-32(28,29)19-8-6-5-7-14(19)2/h5-11,13H,4,12H2,1-3H3,(H,24,25). The fraction of sp³-hybridized carbons (Fsp3) is 0.227. The molecule has 9 nitrogen and oxygen atoms in total. The van der Waals surface area contributed by atoms with Crippen LogP contribution in [0.2, 0.25) is 0 Å². The molecule has 4 rings (SSSR count). The maximum absolute atomic E-state index is 12.8. The first-order chi connectivity index (χ1) is 15.3. The van der Waals surface area contributed by atoms with Crippen molar-refractivity contribution in [3.63, 3.8) is 0 Å². The molecule has 2 aromatic heterocycles. The van der Waals surface area contributed by atoms with Crippen molar-refractivity contribution in [3.8, 4) is 0 Å². The summed E-state index contributed by atoms with van der Waals surface area (Å²) < 4.78 is 40.2. The van der Waals surface area contributed by atoms with Crippen LogP contribution in [0.3, 0.4) is 0 Å². The molecule has 1 N–H and O–H groups in total. The number of carbonyl (C=O) groups excluding carboxylic acids is 1. The zero-order chi connectivity index (χ0) is 22.9. The Bertz CT molecular complexity index is 1400. The highest BCUT2D eigenvalue weighted by Gasteiger charge is 2.21. The number of esters is 1. The molecule has 2 heterocycles. The maximum atomic E-state index is 12.8. The number of hydrogen-bond donors (Lipinski definition) is 1. The van der Waals surface area contributed by atoms with Gasteiger partial charge in [-0.15, -0.1) is 0 Å². The van der Waals surface area contributed by atoms with Crippen molar-refractivity contribution in [1.29, 1.82) is 0 Å². The second-order valence-electron chi connectivity index (χ2n) is 7.34. The first-order valence-corrected chi connectivity index (χ1v) is 11.4. The molecule has 0 unspecified atom stereocenters. The number of ether oxygens (including phenoxy) is 1. The topological polar surface area (TPSA) is 116 Å². The number of hydrogen-bond acceptors (Lipinski definition) is 7. The van der Waals surface area contributed by atoms with Gasteiger partial charge in [-0.05, 0) is 49.6 Å². The summed E-state index contributed by atoms with van der Waals surface area (Å²) in [6, 6.07) is 10.4. The zero-order valence-corrected chi connectivity index (χ0v) is 18.6. The minimum absolute atomic E-state index is 0.135. The minimum Gasteiger partial charge on any atom is -0.462 e. The fourth-order valence-corrected chi connectivity index (χ4v) is 4.75. The van der Waals surface area contributed by atoms with Crippen LogP contribution >= 0.6 is 0 Å². The van der Waals surface area contributed by atoms with E-state index in [1.54, 1.807) is 55.1 Å². The largest absolute Gasteiger partial charge is 0.462 e. The smallest absolute Gasteiger partial charge is 0.341 e. The number of nitrogens with one attached hydrogen (secondary N) is 1. The van der Waals surface area contributed by atoms with Crippen molar-refractivity contribution in [2.75, 3.05) is 11.3 Å².